The van der Waals surface area contributed by atoms with E-state index in [1.807, 2.05) is 24.3 Å². The van der Waals surface area contributed by atoms with Crippen LogP contribution in [0.2, 0.25) is 0 Å². The molecule has 0 spiro atoms. The molecule has 0 aliphatic heterocycles. The minimum absolute atomic E-state index is 0.307. The van der Waals surface area contributed by atoms with Gasteiger partial charge in [-0.1, -0.05) is 12.1 Å². The van der Waals surface area contributed by atoms with Gasteiger partial charge in [0, 0.05) is 18.2 Å². The standard InChI is InChI=1S/C10H10BrClO/c11-9-3-1-2-4-10(9)13-8-5-7(12)6-8/h1-4,7-8H,5-6H2. The second-order valence-corrected chi connectivity index (χ2v) is 4.71. The zero-order chi connectivity index (χ0) is 9.26. The molecule has 1 saturated carbocycles. The summed E-state index contributed by atoms with van der Waals surface area (Å²) >= 11 is 9.29. The maximum Gasteiger partial charge on any atom is 0.133 e. The van der Waals surface area contributed by atoms with E-state index < -0.39 is 0 Å². The summed E-state index contributed by atoms with van der Waals surface area (Å²) in [7, 11) is 0. The summed E-state index contributed by atoms with van der Waals surface area (Å²) in [4.78, 5) is 0. The molecule has 2 rings (SSSR count). The van der Waals surface area contributed by atoms with Crippen LogP contribution in [-0.4, -0.2) is 11.5 Å². The molecule has 0 aromatic heterocycles. The normalized spacial score (nSPS) is 26.6. The molecule has 0 unspecified atom stereocenters. The van der Waals surface area contributed by atoms with Gasteiger partial charge in [0.1, 0.15) is 11.9 Å². The molecule has 0 atom stereocenters. The molecule has 1 aliphatic carbocycles. The van der Waals surface area contributed by atoms with Gasteiger partial charge < -0.3 is 4.74 Å². The number of hydrogen-bond donors (Lipinski definition) is 0. The lowest BCUT2D eigenvalue weighted by atomic mass is 9.95. The third-order valence-corrected chi connectivity index (χ3v) is 3.18. The van der Waals surface area contributed by atoms with Gasteiger partial charge in [-0.2, -0.15) is 0 Å². The lowest BCUT2D eigenvalue weighted by Gasteiger charge is -2.31. The maximum absolute atomic E-state index is 5.86. The highest BCUT2D eigenvalue weighted by molar-refractivity contribution is 9.10. The quantitative estimate of drug-likeness (QED) is 0.739. The molecule has 13 heavy (non-hydrogen) atoms. The topological polar surface area (TPSA) is 9.23 Å². The van der Waals surface area contributed by atoms with Crippen LogP contribution in [0.5, 0.6) is 5.75 Å². The van der Waals surface area contributed by atoms with Gasteiger partial charge in [0.2, 0.25) is 0 Å². The van der Waals surface area contributed by atoms with E-state index in [9.17, 15) is 0 Å². The largest absolute Gasteiger partial charge is 0.489 e. The van der Waals surface area contributed by atoms with E-state index in [1.165, 1.54) is 0 Å². The van der Waals surface area contributed by atoms with Gasteiger partial charge >= 0.3 is 0 Å². The molecule has 1 aromatic carbocycles. The Labute approximate surface area is 91.2 Å². The molecule has 0 heterocycles. The van der Waals surface area contributed by atoms with Crippen molar-refractivity contribution in [2.75, 3.05) is 0 Å². The molecule has 1 fully saturated rings. The Balaban J connectivity index is 1.98. The van der Waals surface area contributed by atoms with Gasteiger partial charge in [-0.15, -0.1) is 11.6 Å². The van der Waals surface area contributed by atoms with E-state index >= 15 is 0 Å². The lowest BCUT2D eigenvalue weighted by Crippen LogP contribution is -2.34. The predicted molar refractivity (Wildman–Crippen MR) is 57.4 cm³/mol. The smallest absolute Gasteiger partial charge is 0.133 e. The van der Waals surface area contributed by atoms with Crippen molar-refractivity contribution in [1.82, 2.24) is 0 Å². The first-order valence-corrected chi connectivity index (χ1v) is 5.54. The van der Waals surface area contributed by atoms with Crippen LogP contribution in [0.1, 0.15) is 12.8 Å². The van der Waals surface area contributed by atoms with Crippen molar-refractivity contribution in [1.29, 1.82) is 0 Å². The lowest BCUT2D eigenvalue weighted by molar-refractivity contribution is 0.123. The molecule has 1 aromatic rings. The average Bonchev–Trinajstić information content (AvgIpc) is 2.06. The van der Waals surface area contributed by atoms with Gasteiger partial charge in [-0.25, -0.2) is 0 Å². The third kappa shape index (κ3) is 2.18. The van der Waals surface area contributed by atoms with Crippen LogP contribution in [0.4, 0.5) is 0 Å². The number of halogens is 2. The molecule has 0 radical (unpaired) electrons. The maximum atomic E-state index is 5.86. The number of benzene rings is 1. The number of ether oxygens (including phenoxy) is 1. The predicted octanol–water partition coefficient (Wildman–Crippen LogP) is 3.60. The van der Waals surface area contributed by atoms with Crippen LogP contribution in [0.25, 0.3) is 0 Å². The van der Waals surface area contributed by atoms with E-state index in [0.717, 1.165) is 23.1 Å². The van der Waals surface area contributed by atoms with Gasteiger partial charge in [-0.3, -0.25) is 0 Å². The van der Waals surface area contributed by atoms with E-state index in [-0.39, 0.29) is 0 Å². The molecular weight excluding hydrogens is 251 g/mol. The fraction of sp³-hybridized carbons (Fsp3) is 0.400. The second-order valence-electron chi connectivity index (χ2n) is 3.24. The van der Waals surface area contributed by atoms with Crippen molar-refractivity contribution in [2.24, 2.45) is 0 Å². The summed E-state index contributed by atoms with van der Waals surface area (Å²) in [6.07, 6.45) is 2.23. The van der Waals surface area contributed by atoms with Crippen molar-refractivity contribution in [2.45, 2.75) is 24.3 Å². The highest BCUT2D eigenvalue weighted by Crippen LogP contribution is 2.32. The summed E-state index contributed by atoms with van der Waals surface area (Å²) in [5.74, 6) is 0.913. The molecule has 0 saturated heterocycles. The SMILES string of the molecule is ClC1CC(Oc2ccccc2Br)C1. The van der Waals surface area contributed by atoms with Crippen molar-refractivity contribution in [3.05, 3.63) is 28.7 Å². The average molecular weight is 262 g/mol. The monoisotopic (exact) mass is 260 g/mol. The Bertz CT molecular complexity index is 297. The highest BCUT2D eigenvalue weighted by Gasteiger charge is 2.29. The third-order valence-electron chi connectivity index (χ3n) is 2.17. The molecule has 1 nitrogen and oxygen atoms in total. The number of hydrogen-bond acceptors (Lipinski definition) is 1. The van der Waals surface area contributed by atoms with Crippen molar-refractivity contribution in [3.8, 4) is 5.75 Å². The van der Waals surface area contributed by atoms with Crippen molar-refractivity contribution < 1.29 is 4.74 Å². The molecule has 1 aliphatic rings. The summed E-state index contributed by atoms with van der Waals surface area (Å²) < 4.78 is 6.73. The van der Waals surface area contributed by atoms with E-state index in [0.29, 0.717) is 11.5 Å². The number of rotatable bonds is 2. The van der Waals surface area contributed by atoms with E-state index in [1.54, 1.807) is 0 Å². The summed E-state index contributed by atoms with van der Waals surface area (Å²) in [5, 5.41) is 0.312. The van der Waals surface area contributed by atoms with Crippen molar-refractivity contribution in [3.63, 3.8) is 0 Å². The van der Waals surface area contributed by atoms with Crippen LogP contribution in [0.3, 0.4) is 0 Å². The number of alkyl halides is 1. The van der Waals surface area contributed by atoms with Crippen LogP contribution >= 0.6 is 27.5 Å². The Kier molecular flexibility index (Phi) is 2.80. The first-order chi connectivity index (χ1) is 6.25. The van der Waals surface area contributed by atoms with Gasteiger partial charge in [0.25, 0.3) is 0 Å². The second kappa shape index (κ2) is 3.89. The fourth-order valence-corrected chi connectivity index (χ4v) is 2.09. The first kappa shape index (κ1) is 9.35. The minimum atomic E-state index is 0.307. The molecule has 0 N–H and O–H groups in total. The van der Waals surface area contributed by atoms with Gasteiger partial charge in [0.05, 0.1) is 4.47 Å². The van der Waals surface area contributed by atoms with Gasteiger partial charge in [0.15, 0.2) is 0 Å². The van der Waals surface area contributed by atoms with Crippen LogP contribution in [0.15, 0.2) is 28.7 Å². The Morgan fingerprint density at radius 1 is 1.31 bits per heavy atom. The van der Waals surface area contributed by atoms with Crippen LogP contribution in [0, 0.1) is 0 Å². The zero-order valence-electron chi connectivity index (χ0n) is 7.04. The molecule has 3 heteroatoms. The summed E-state index contributed by atoms with van der Waals surface area (Å²) in [6, 6.07) is 7.89. The van der Waals surface area contributed by atoms with Gasteiger partial charge in [-0.05, 0) is 28.1 Å². The summed E-state index contributed by atoms with van der Waals surface area (Å²) in [5.41, 5.74) is 0. The Hall–Kier alpha value is -0.210. The van der Waals surface area contributed by atoms with E-state index in [2.05, 4.69) is 15.9 Å². The molecular formula is C10H10BrClO. The molecule has 0 bridgehead atoms. The summed E-state index contributed by atoms with van der Waals surface area (Å²) in [6.45, 7) is 0. The van der Waals surface area contributed by atoms with E-state index in [4.69, 9.17) is 16.3 Å². The van der Waals surface area contributed by atoms with Crippen LogP contribution in [-0.2, 0) is 0 Å². The van der Waals surface area contributed by atoms with Crippen LogP contribution < -0.4 is 4.74 Å². The number of para-hydroxylation sites is 1. The molecule has 0 amide bonds. The first-order valence-electron chi connectivity index (χ1n) is 4.31. The zero-order valence-corrected chi connectivity index (χ0v) is 9.38. The highest BCUT2D eigenvalue weighted by atomic mass is 79.9. The molecule has 70 valence electrons. The van der Waals surface area contributed by atoms with Crippen molar-refractivity contribution >= 4 is 27.5 Å². The minimum Gasteiger partial charge on any atom is -0.489 e. The fourth-order valence-electron chi connectivity index (χ4n) is 1.32. The Morgan fingerprint density at radius 3 is 2.62 bits per heavy atom. The Morgan fingerprint density at radius 2 is 2.00 bits per heavy atom.